The van der Waals surface area contributed by atoms with E-state index in [1.54, 1.807) is 12.1 Å². The van der Waals surface area contributed by atoms with Gasteiger partial charge in [-0.15, -0.1) is 11.3 Å². The summed E-state index contributed by atoms with van der Waals surface area (Å²) in [7, 11) is 0. The summed E-state index contributed by atoms with van der Waals surface area (Å²) >= 11 is 1.38. The second-order valence-electron chi connectivity index (χ2n) is 8.58. The number of fused-ring (bicyclic) bond motifs is 2. The summed E-state index contributed by atoms with van der Waals surface area (Å²) in [6, 6.07) is 11.0. The molecule has 0 unspecified atom stereocenters. The number of para-hydroxylation sites is 1. The van der Waals surface area contributed by atoms with Crippen LogP contribution in [0, 0.1) is 23.7 Å². The van der Waals surface area contributed by atoms with Gasteiger partial charge < -0.3 is 15.7 Å². The van der Waals surface area contributed by atoms with Gasteiger partial charge in [0, 0.05) is 10.6 Å². The summed E-state index contributed by atoms with van der Waals surface area (Å²) in [6.45, 7) is 4.07. The predicted molar refractivity (Wildman–Crippen MR) is 117 cm³/mol. The van der Waals surface area contributed by atoms with Crippen molar-refractivity contribution in [2.45, 2.75) is 39.0 Å². The molecule has 7 heteroatoms. The van der Waals surface area contributed by atoms with Crippen LogP contribution in [0.3, 0.4) is 0 Å². The van der Waals surface area contributed by atoms with Gasteiger partial charge in [-0.2, -0.15) is 0 Å². The molecule has 2 aromatic rings. The molecule has 0 saturated heterocycles. The van der Waals surface area contributed by atoms with Crippen molar-refractivity contribution in [2.75, 3.05) is 10.6 Å². The normalized spacial score (nSPS) is 24.8. The molecule has 1 aromatic carbocycles. The summed E-state index contributed by atoms with van der Waals surface area (Å²) in [5, 5.41) is 15.9. The van der Waals surface area contributed by atoms with Gasteiger partial charge in [0.15, 0.2) is 0 Å². The Kier molecular flexibility index (Phi) is 5.64. The number of aliphatic carboxylic acids is 1. The lowest BCUT2D eigenvalue weighted by atomic mass is 9.79. The van der Waals surface area contributed by atoms with Gasteiger partial charge >= 0.3 is 5.97 Å². The fourth-order valence-corrected chi connectivity index (χ4v) is 5.96. The summed E-state index contributed by atoms with van der Waals surface area (Å²) in [4.78, 5) is 38.8. The van der Waals surface area contributed by atoms with Gasteiger partial charge in [-0.05, 0) is 55.2 Å². The zero-order valence-corrected chi connectivity index (χ0v) is 17.9. The molecule has 0 aliphatic heterocycles. The second kappa shape index (κ2) is 8.22. The molecule has 6 nitrogen and oxygen atoms in total. The van der Waals surface area contributed by atoms with Crippen molar-refractivity contribution in [1.29, 1.82) is 0 Å². The van der Waals surface area contributed by atoms with Gasteiger partial charge in [-0.3, -0.25) is 14.4 Å². The summed E-state index contributed by atoms with van der Waals surface area (Å²) in [5.74, 6) is -2.22. The van der Waals surface area contributed by atoms with Gasteiger partial charge in [0.05, 0.1) is 17.4 Å². The second-order valence-corrected chi connectivity index (χ2v) is 9.66. The molecule has 4 rings (SSSR count). The highest BCUT2D eigenvalue weighted by atomic mass is 32.1. The van der Waals surface area contributed by atoms with E-state index in [4.69, 9.17) is 0 Å². The van der Waals surface area contributed by atoms with Crippen molar-refractivity contribution < 1.29 is 19.5 Å². The Morgan fingerprint density at radius 1 is 1.03 bits per heavy atom. The van der Waals surface area contributed by atoms with Gasteiger partial charge in [0.1, 0.15) is 5.00 Å². The number of hydrogen-bond donors (Lipinski definition) is 3. The molecular weight excluding hydrogens is 400 g/mol. The summed E-state index contributed by atoms with van der Waals surface area (Å²) in [6.07, 6.45) is 2.58. The highest BCUT2D eigenvalue weighted by molar-refractivity contribution is 7.16. The van der Waals surface area contributed by atoms with Crippen molar-refractivity contribution in [3.63, 3.8) is 0 Å². The number of amides is 2. The Morgan fingerprint density at radius 2 is 1.70 bits per heavy atom. The van der Waals surface area contributed by atoms with Crippen LogP contribution in [0.5, 0.6) is 0 Å². The first-order valence-electron chi connectivity index (χ1n) is 10.4. The van der Waals surface area contributed by atoms with Crippen molar-refractivity contribution in [1.82, 2.24) is 0 Å². The lowest BCUT2D eigenvalue weighted by Gasteiger charge is -2.26. The minimum absolute atomic E-state index is 0.0821. The number of carbonyl (C=O) groups is 3. The number of benzene rings is 1. The molecule has 2 fully saturated rings. The van der Waals surface area contributed by atoms with Crippen LogP contribution in [0.1, 0.15) is 54.3 Å². The van der Waals surface area contributed by atoms with Crippen LogP contribution in [0.4, 0.5) is 10.7 Å². The van der Waals surface area contributed by atoms with E-state index in [2.05, 4.69) is 10.6 Å². The topological polar surface area (TPSA) is 95.5 Å². The Morgan fingerprint density at radius 3 is 2.33 bits per heavy atom. The van der Waals surface area contributed by atoms with Gasteiger partial charge in [0.2, 0.25) is 5.91 Å². The Labute approximate surface area is 179 Å². The number of carbonyl (C=O) groups excluding carboxylic acids is 2. The van der Waals surface area contributed by atoms with Gasteiger partial charge in [-0.25, -0.2) is 0 Å². The van der Waals surface area contributed by atoms with Crippen molar-refractivity contribution in [2.24, 2.45) is 23.7 Å². The largest absolute Gasteiger partial charge is 0.481 e. The molecule has 2 amide bonds. The predicted octanol–water partition coefficient (Wildman–Crippen LogP) is 4.81. The standard InChI is InChI=1S/C23H26N2O4S/c1-12(2)17-11-16(20(26)24-15-6-4-3-5-7-15)22(30-17)25-21(27)18-13-8-9-14(10-13)19(18)23(28)29/h3-7,11-14,18-19H,8-10H2,1-2H3,(H,24,26)(H,25,27)(H,28,29)/t13-,14-,18+,19-/m0/s1. The van der Waals surface area contributed by atoms with Crippen LogP contribution in [0.25, 0.3) is 0 Å². The van der Waals surface area contributed by atoms with Crippen molar-refractivity contribution >= 4 is 39.8 Å². The summed E-state index contributed by atoms with van der Waals surface area (Å²) < 4.78 is 0. The third kappa shape index (κ3) is 3.86. The molecule has 2 aliphatic rings. The zero-order valence-electron chi connectivity index (χ0n) is 17.1. The summed E-state index contributed by atoms with van der Waals surface area (Å²) in [5.41, 5.74) is 1.09. The van der Waals surface area contributed by atoms with Crippen LogP contribution in [-0.4, -0.2) is 22.9 Å². The maximum atomic E-state index is 13.1. The number of hydrogen-bond acceptors (Lipinski definition) is 4. The van der Waals surface area contributed by atoms with Crippen molar-refractivity contribution in [3.05, 3.63) is 46.8 Å². The van der Waals surface area contributed by atoms with E-state index in [1.807, 2.05) is 38.1 Å². The smallest absolute Gasteiger partial charge is 0.307 e. The van der Waals surface area contributed by atoms with E-state index in [9.17, 15) is 19.5 Å². The van der Waals surface area contributed by atoms with E-state index in [-0.39, 0.29) is 29.6 Å². The molecule has 158 valence electrons. The fraction of sp³-hybridized carbons (Fsp3) is 0.435. The van der Waals surface area contributed by atoms with Gasteiger partial charge in [0.25, 0.3) is 5.91 Å². The van der Waals surface area contributed by atoms with Gasteiger partial charge in [-0.1, -0.05) is 32.0 Å². The van der Waals surface area contributed by atoms with E-state index in [0.717, 1.165) is 24.1 Å². The molecule has 3 N–H and O–H groups in total. The third-order valence-corrected chi connectivity index (χ3v) is 7.69. The number of nitrogens with one attached hydrogen (secondary N) is 2. The average molecular weight is 427 g/mol. The third-order valence-electron chi connectivity index (χ3n) is 6.34. The monoisotopic (exact) mass is 426 g/mol. The number of carboxylic acid groups (broad SMARTS) is 1. The first-order chi connectivity index (χ1) is 14.3. The van der Waals surface area contributed by atoms with E-state index >= 15 is 0 Å². The van der Waals surface area contributed by atoms with Crippen molar-refractivity contribution in [3.8, 4) is 0 Å². The molecule has 30 heavy (non-hydrogen) atoms. The molecule has 0 spiro atoms. The zero-order chi connectivity index (χ0) is 21.4. The first-order valence-corrected chi connectivity index (χ1v) is 11.2. The number of thiophene rings is 1. The minimum Gasteiger partial charge on any atom is -0.481 e. The quantitative estimate of drug-likeness (QED) is 0.618. The molecule has 1 heterocycles. The molecule has 1 aromatic heterocycles. The van der Waals surface area contributed by atoms with Crippen LogP contribution in [-0.2, 0) is 9.59 Å². The number of anilines is 2. The Hall–Kier alpha value is -2.67. The molecule has 2 bridgehead atoms. The highest BCUT2D eigenvalue weighted by Gasteiger charge is 2.54. The average Bonchev–Trinajstić information content (AvgIpc) is 3.42. The van der Waals surface area contributed by atoms with E-state index in [1.165, 1.54) is 11.3 Å². The SMILES string of the molecule is CC(C)c1cc(C(=O)Nc2ccccc2)c(NC(=O)[C@@H]2[C@H]3CC[C@@H](C3)[C@@H]2C(=O)O)s1. The number of rotatable bonds is 6. The molecule has 4 atom stereocenters. The highest BCUT2D eigenvalue weighted by Crippen LogP contribution is 2.53. The molecule has 0 radical (unpaired) electrons. The maximum absolute atomic E-state index is 13.1. The Balaban J connectivity index is 1.58. The Bertz CT molecular complexity index is 969. The van der Waals surface area contributed by atoms with Crippen LogP contribution >= 0.6 is 11.3 Å². The van der Waals surface area contributed by atoms with Crippen LogP contribution < -0.4 is 10.6 Å². The van der Waals surface area contributed by atoms with Crippen LogP contribution in [0.2, 0.25) is 0 Å². The fourth-order valence-electron chi connectivity index (χ4n) is 4.90. The molecule has 2 saturated carbocycles. The lowest BCUT2D eigenvalue weighted by Crippen LogP contribution is -2.38. The van der Waals surface area contributed by atoms with Crippen LogP contribution in [0.15, 0.2) is 36.4 Å². The molecule has 2 aliphatic carbocycles. The maximum Gasteiger partial charge on any atom is 0.307 e. The number of carboxylic acids is 1. The van der Waals surface area contributed by atoms with E-state index in [0.29, 0.717) is 16.3 Å². The lowest BCUT2D eigenvalue weighted by molar-refractivity contribution is -0.148. The molecular formula is C23H26N2O4S. The van der Waals surface area contributed by atoms with E-state index < -0.39 is 17.8 Å². The minimum atomic E-state index is -0.890. The first kappa shape index (κ1) is 20.6.